The van der Waals surface area contributed by atoms with Gasteiger partial charge in [0.2, 0.25) is 0 Å². The molecule has 0 aliphatic carbocycles. The van der Waals surface area contributed by atoms with Crippen molar-refractivity contribution in [3.63, 3.8) is 0 Å². The molecule has 0 fully saturated rings. The van der Waals surface area contributed by atoms with Crippen LogP contribution in [-0.2, 0) is 11.2 Å². The molecule has 0 amide bonds. The molecule has 0 aliphatic rings. The van der Waals surface area contributed by atoms with Crippen molar-refractivity contribution in [2.24, 2.45) is 0 Å². The lowest BCUT2D eigenvalue weighted by Gasteiger charge is -2.09. The van der Waals surface area contributed by atoms with Crippen molar-refractivity contribution in [1.82, 2.24) is 15.0 Å². The Labute approximate surface area is 121 Å². The summed E-state index contributed by atoms with van der Waals surface area (Å²) in [6, 6.07) is 11.2. The first-order valence-electron chi connectivity index (χ1n) is 6.77. The highest BCUT2D eigenvalue weighted by molar-refractivity contribution is 5.73. The quantitative estimate of drug-likeness (QED) is 0.746. The van der Waals surface area contributed by atoms with E-state index in [9.17, 15) is 9.90 Å². The van der Waals surface area contributed by atoms with Gasteiger partial charge in [-0.15, -0.1) is 15.0 Å². The molecule has 3 rings (SSSR count). The standard InChI is InChI=1S/C16H15N3O2/c1-11-9-12(5-4-8-20)10-15(16(11)21)19-17-13-6-2-3-7-14(13)18-19/h2-3,6-10,21H,4-5H2,1H3. The summed E-state index contributed by atoms with van der Waals surface area (Å²) in [7, 11) is 0. The molecule has 0 radical (unpaired) electrons. The monoisotopic (exact) mass is 281 g/mol. The number of fused-ring (bicyclic) bond motifs is 1. The maximum Gasteiger partial charge on any atom is 0.146 e. The van der Waals surface area contributed by atoms with E-state index in [2.05, 4.69) is 10.2 Å². The predicted octanol–water partition coefficient (Wildman–Crippen LogP) is 2.57. The summed E-state index contributed by atoms with van der Waals surface area (Å²) >= 11 is 0. The number of aromatic nitrogens is 3. The molecule has 0 spiro atoms. The van der Waals surface area contributed by atoms with Crippen LogP contribution >= 0.6 is 0 Å². The molecule has 5 heteroatoms. The van der Waals surface area contributed by atoms with Gasteiger partial charge in [0.1, 0.15) is 28.8 Å². The number of hydrogen-bond donors (Lipinski definition) is 1. The fourth-order valence-electron chi connectivity index (χ4n) is 2.32. The SMILES string of the molecule is Cc1cc(CCC=O)cc(-n2nc3ccccc3n2)c1O. The van der Waals surface area contributed by atoms with Gasteiger partial charge >= 0.3 is 0 Å². The summed E-state index contributed by atoms with van der Waals surface area (Å²) in [5.74, 6) is 0.158. The number of aromatic hydroxyl groups is 1. The summed E-state index contributed by atoms with van der Waals surface area (Å²) in [4.78, 5) is 12.0. The third-order valence-corrected chi connectivity index (χ3v) is 3.39. The zero-order valence-electron chi connectivity index (χ0n) is 11.7. The molecule has 1 aromatic heterocycles. The Bertz CT molecular complexity index is 775. The number of carbonyl (C=O) groups is 1. The highest BCUT2D eigenvalue weighted by Gasteiger charge is 2.12. The Morgan fingerprint density at radius 3 is 2.48 bits per heavy atom. The van der Waals surface area contributed by atoms with E-state index in [1.165, 1.54) is 4.80 Å². The van der Waals surface area contributed by atoms with E-state index < -0.39 is 0 Å². The molecule has 3 aromatic rings. The number of benzene rings is 2. The third kappa shape index (κ3) is 2.50. The molecule has 2 aromatic carbocycles. The highest BCUT2D eigenvalue weighted by Crippen LogP contribution is 2.27. The number of aryl methyl sites for hydroxylation is 2. The van der Waals surface area contributed by atoms with E-state index in [0.717, 1.165) is 28.4 Å². The van der Waals surface area contributed by atoms with Gasteiger partial charge in [-0.2, -0.15) is 0 Å². The van der Waals surface area contributed by atoms with Crippen molar-refractivity contribution in [2.45, 2.75) is 19.8 Å². The lowest BCUT2D eigenvalue weighted by Crippen LogP contribution is -2.02. The molecule has 106 valence electrons. The minimum atomic E-state index is 0.158. The summed E-state index contributed by atoms with van der Waals surface area (Å²) in [5, 5.41) is 19.0. The second kappa shape index (κ2) is 5.36. The number of phenols is 1. The van der Waals surface area contributed by atoms with Crippen molar-refractivity contribution in [2.75, 3.05) is 0 Å². The summed E-state index contributed by atoms with van der Waals surface area (Å²) in [5.41, 5.74) is 3.80. The van der Waals surface area contributed by atoms with E-state index in [-0.39, 0.29) is 5.75 Å². The van der Waals surface area contributed by atoms with Crippen LogP contribution in [0.15, 0.2) is 36.4 Å². The summed E-state index contributed by atoms with van der Waals surface area (Å²) in [6.45, 7) is 1.83. The zero-order valence-corrected chi connectivity index (χ0v) is 11.7. The molecule has 1 N–H and O–H groups in total. The molecule has 21 heavy (non-hydrogen) atoms. The van der Waals surface area contributed by atoms with Gasteiger partial charge < -0.3 is 9.90 Å². The number of rotatable bonds is 4. The Morgan fingerprint density at radius 1 is 1.19 bits per heavy atom. The van der Waals surface area contributed by atoms with Gasteiger partial charge in [0.05, 0.1) is 0 Å². The number of hydrogen-bond acceptors (Lipinski definition) is 4. The van der Waals surface area contributed by atoms with Crippen LogP contribution in [0.25, 0.3) is 16.7 Å². The van der Waals surface area contributed by atoms with Crippen LogP contribution in [0.1, 0.15) is 17.5 Å². The molecule has 0 aliphatic heterocycles. The van der Waals surface area contributed by atoms with Crippen LogP contribution < -0.4 is 0 Å². The van der Waals surface area contributed by atoms with Crippen LogP contribution in [-0.4, -0.2) is 26.4 Å². The Morgan fingerprint density at radius 2 is 1.86 bits per heavy atom. The lowest BCUT2D eigenvalue weighted by atomic mass is 10.1. The second-order valence-corrected chi connectivity index (χ2v) is 4.96. The Balaban J connectivity index is 2.11. The second-order valence-electron chi connectivity index (χ2n) is 4.96. The molecular formula is C16H15N3O2. The number of nitrogens with zero attached hydrogens (tertiary/aromatic N) is 3. The van der Waals surface area contributed by atoms with Gasteiger partial charge in [0.25, 0.3) is 0 Å². The first kappa shape index (κ1) is 13.3. The molecule has 0 unspecified atom stereocenters. The summed E-state index contributed by atoms with van der Waals surface area (Å²) in [6.07, 6.45) is 1.99. The van der Waals surface area contributed by atoms with Crippen LogP contribution in [0.3, 0.4) is 0 Å². The van der Waals surface area contributed by atoms with Gasteiger partial charge in [0.15, 0.2) is 0 Å². The van der Waals surface area contributed by atoms with Crippen molar-refractivity contribution >= 4 is 17.3 Å². The van der Waals surface area contributed by atoms with E-state index in [0.29, 0.717) is 18.5 Å². The van der Waals surface area contributed by atoms with E-state index in [4.69, 9.17) is 0 Å². The molecule has 0 atom stereocenters. The molecule has 1 heterocycles. The Kier molecular flexibility index (Phi) is 3.39. The first-order valence-corrected chi connectivity index (χ1v) is 6.77. The van der Waals surface area contributed by atoms with Gasteiger partial charge in [0, 0.05) is 6.42 Å². The average molecular weight is 281 g/mol. The first-order chi connectivity index (χ1) is 10.2. The molecule has 0 bridgehead atoms. The normalized spacial score (nSPS) is 10.9. The van der Waals surface area contributed by atoms with E-state index in [1.807, 2.05) is 43.3 Å². The molecule has 5 nitrogen and oxygen atoms in total. The molecular weight excluding hydrogens is 266 g/mol. The largest absolute Gasteiger partial charge is 0.505 e. The predicted molar refractivity (Wildman–Crippen MR) is 79.7 cm³/mol. The van der Waals surface area contributed by atoms with Crippen molar-refractivity contribution in [3.05, 3.63) is 47.5 Å². The van der Waals surface area contributed by atoms with Crippen molar-refractivity contribution in [3.8, 4) is 11.4 Å². The lowest BCUT2D eigenvalue weighted by molar-refractivity contribution is -0.107. The minimum absolute atomic E-state index is 0.158. The van der Waals surface area contributed by atoms with E-state index in [1.54, 1.807) is 0 Å². The van der Waals surface area contributed by atoms with Gasteiger partial charge in [-0.3, -0.25) is 0 Å². The maximum atomic E-state index is 10.5. The fourth-order valence-corrected chi connectivity index (χ4v) is 2.32. The van der Waals surface area contributed by atoms with Gasteiger partial charge in [-0.1, -0.05) is 18.2 Å². The van der Waals surface area contributed by atoms with Crippen molar-refractivity contribution < 1.29 is 9.90 Å². The van der Waals surface area contributed by atoms with Crippen LogP contribution in [0, 0.1) is 6.92 Å². The number of carbonyl (C=O) groups excluding carboxylic acids is 1. The van der Waals surface area contributed by atoms with Gasteiger partial charge in [-0.25, -0.2) is 0 Å². The zero-order chi connectivity index (χ0) is 14.8. The van der Waals surface area contributed by atoms with Crippen LogP contribution in [0.5, 0.6) is 5.75 Å². The Hall–Kier alpha value is -2.69. The van der Waals surface area contributed by atoms with Crippen LogP contribution in [0.4, 0.5) is 0 Å². The van der Waals surface area contributed by atoms with Crippen LogP contribution in [0.2, 0.25) is 0 Å². The summed E-state index contributed by atoms with van der Waals surface area (Å²) < 4.78 is 0. The molecule has 0 saturated heterocycles. The van der Waals surface area contributed by atoms with Crippen molar-refractivity contribution in [1.29, 1.82) is 0 Å². The third-order valence-electron chi connectivity index (χ3n) is 3.39. The van der Waals surface area contributed by atoms with E-state index >= 15 is 0 Å². The minimum Gasteiger partial charge on any atom is -0.505 e. The average Bonchev–Trinajstić information content (AvgIpc) is 2.92. The topological polar surface area (TPSA) is 68.0 Å². The van der Waals surface area contributed by atoms with Gasteiger partial charge in [-0.05, 0) is 42.7 Å². The number of phenolic OH excluding ortho intramolecular Hbond substituents is 1. The smallest absolute Gasteiger partial charge is 0.146 e. The number of aldehydes is 1. The highest BCUT2D eigenvalue weighted by atomic mass is 16.3. The maximum absolute atomic E-state index is 10.5. The fraction of sp³-hybridized carbons (Fsp3) is 0.188. The molecule has 0 saturated carbocycles.